The van der Waals surface area contributed by atoms with E-state index in [1.807, 2.05) is 24.3 Å². The highest BCUT2D eigenvalue weighted by atomic mass is 19.1. The van der Waals surface area contributed by atoms with E-state index >= 15 is 0 Å². The van der Waals surface area contributed by atoms with Crippen molar-refractivity contribution in [3.63, 3.8) is 0 Å². The Labute approximate surface area is 192 Å². The number of imide groups is 1. The normalized spacial score (nSPS) is 29.2. The van der Waals surface area contributed by atoms with Crippen molar-refractivity contribution in [3.8, 4) is 11.1 Å². The molecule has 2 aromatic rings. The van der Waals surface area contributed by atoms with Crippen LogP contribution in [0.4, 0.5) is 4.39 Å². The summed E-state index contributed by atoms with van der Waals surface area (Å²) >= 11 is 0. The van der Waals surface area contributed by atoms with Gasteiger partial charge in [-0.25, -0.2) is 4.39 Å². The number of carbonyl (C=O) groups is 3. The third kappa shape index (κ3) is 3.05. The number of fused-ring (bicyclic) bond motifs is 3. The molecule has 6 nitrogen and oxygen atoms in total. The Morgan fingerprint density at radius 1 is 1.03 bits per heavy atom. The maximum Gasteiger partial charge on any atom is 0.327 e. The predicted molar refractivity (Wildman–Crippen MR) is 119 cm³/mol. The number of rotatable bonds is 4. The summed E-state index contributed by atoms with van der Waals surface area (Å²) in [6.07, 6.45) is 2.20. The van der Waals surface area contributed by atoms with E-state index in [0.29, 0.717) is 13.0 Å². The van der Waals surface area contributed by atoms with Crippen LogP contribution in [0.2, 0.25) is 0 Å². The molecule has 3 fully saturated rings. The smallest absolute Gasteiger partial charge is 0.327 e. The topological polar surface area (TPSA) is 66.9 Å². The highest BCUT2D eigenvalue weighted by Crippen LogP contribution is 2.58. The van der Waals surface area contributed by atoms with Crippen LogP contribution in [-0.2, 0) is 19.1 Å². The molecule has 5 rings (SSSR count). The number of likely N-dealkylation sites (tertiary alicyclic amines) is 1. The first-order valence-electron chi connectivity index (χ1n) is 11.5. The lowest BCUT2D eigenvalue weighted by Gasteiger charge is -2.44. The first-order valence-corrected chi connectivity index (χ1v) is 11.5. The molecule has 3 saturated heterocycles. The van der Waals surface area contributed by atoms with E-state index in [0.717, 1.165) is 29.5 Å². The summed E-state index contributed by atoms with van der Waals surface area (Å²) in [4.78, 5) is 43.4. The molecule has 4 atom stereocenters. The quantitative estimate of drug-likeness (QED) is 0.526. The van der Waals surface area contributed by atoms with Crippen LogP contribution in [0.25, 0.3) is 11.1 Å². The minimum Gasteiger partial charge on any atom is -0.468 e. The van der Waals surface area contributed by atoms with Gasteiger partial charge in [0.1, 0.15) is 11.4 Å². The van der Waals surface area contributed by atoms with Gasteiger partial charge in [0, 0.05) is 12.6 Å². The number of halogens is 1. The van der Waals surface area contributed by atoms with Gasteiger partial charge in [0.25, 0.3) is 0 Å². The van der Waals surface area contributed by atoms with Gasteiger partial charge >= 0.3 is 5.97 Å². The van der Waals surface area contributed by atoms with Crippen molar-refractivity contribution < 1.29 is 23.5 Å². The minimum atomic E-state index is -1.12. The average molecular weight is 451 g/mol. The predicted octanol–water partition coefficient (Wildman–Crippen LogP) is 3.57. The maximum atomic E-state index is 13.4. The summed E-state index contributed by atoms with van der Waals surface area (Å²) in [5, 5.41) is 0. The molecule has 2 aromatic carbocycles. The lowest BCUT2D eigenvalue weighted by atomic mass is 9.75. The van der Waals surface area contributed by atoms with Crippen LogP contribution in [0.15, 0.2) is 48.5 Å². The first kappa shape index (κ1) is 21.8. The number of hydrogen-bond donors (Lipinski definition) is 0. The fourth-order valence-electron chi connectivity index (χ4n) is 6.24. The van der Waals surface area contributed by atoms with E-state index in [9.17, 15) is 18.8 Å². The van der Waals surface area contributed by atoms with Crippen molar-refractivity contribution in [2.45, 2.75) is 37.8 Å². The highest BCUT2D eigenvalue weighted by Gasteiger charge is 2.72. The highest BCUT2D eigenvalue weighted by molar-refractivity contribution is 6.09. The molecule has 0 spiro atoms. The van der Waals surface area contributed by atoms with Gasteiger partial charge < -0.3 is 4.74 Å². The summed E-state index contributed by atoms with van der Waals surface area (Å²) in [5.41, 5.74) is 1.59. The van der Waals surface area contributed by atoms with Crippen LogP contribution in [0, 0.1) is 17.7 Å². The molecule has 33 heavy (non-hydrogen) atoms. The lowest BCUT2D eigenvalue weighted by Crippen LogP contribution is -2.59. The molecule has 0 aliphatic carbocycles. The number of hydrogen-bond acceptors (Lipinski definition) is 5. The van der Waals surface area contributed by atoms with E-state index in [-0.39, 0.29) is 30.2 Å². The Morgan fingerprint density at radius 3 is 2.27 bits per heavy atom. The minimum absolute atomic E-state index is 0.210. The molecule has 7 heteroatoms. The summed E-state index contributed by atoms with van der Waals surface area (Å²) in [7, 11) is 1.35. The van der Waals surface area contributed by atoms with Crippen LogP contribution < -0.4 is 0 Å². The molecule has 3 heterocycles. The Hall–Kier alpha value is -3.06. The third-order valence-electron chi connectivity index (χ3n) is 7.64. The number of piperidine rings is 1. The monoisotopic (exact) mass is 450 g/mol. The van der Waals surface area contributed by atoms with Gasteiger partial charge in [-0.2, -0.15) is 0 Å². The van der Waals surface area contributed by atoms with Crippen LogP contribution in [0.1, 0.15) is 37.8 Å². The Balaban J connectivity index is 1.60. The van der Waals surface area contributed by atoms with Crippen LogP contribution in [0.5, 0.6) is 0 Å². The number of methoxy groups -OCH3 is 1. The fraction of sp³-hybridized carbons (Fsp3) is 0.423. The summed E-state index contributed by atoms with van der Waals surface area (Å²) < 4.78 is 18.5. The van der Waals surface area contributed by atoms with Gasteiger partial charge in [0.05, 0.1) is 18.9 Å². The van der Waals surface area contributed by atoms with Gasteiger partial charge in [0.2, 0.25) is 11.8 Å². The zero-order valence-corrected chi connectivity index (χ0v) is 18.8. The fourth-order valence-corrected chi connectivity index (χ4v) is 6.24. The van der Waals surface area contributed by atoms with E-state index in [4.69, 9.17) is 4.74 Å². The van der Waals surface area contributed by atoms with Crippen molar-refractivity contribution in [1.29, 1.82) is 0 Å². The van der Waals surface area contributed by atoms with Gasteiger partial charge in [-0.1, -0.05) is 36.4 Å². The van der Waals surface area contributed by atoms with Gasteiger partial charge in [0.15, 0.2) is 0 Å². The zero-order valence-electron chi connectivity index (χ0n) is 18.8. The molecule has 3 aliphatic heterocycles. The zero-order chi connectivity index (χ0) is 23.3. The Morgan fingerprint density at radius 2 is 1.67 bits per heavy atom. The number of carbonyl (C=O) groups excluding carboxylic acids is 3. The van der Waals surface area contributed by atoms with E-state index in [2.05, 4.69) is 4.90 Å². The molecule has 0 radical (unpaired) electrons. The average Bonchev–Trinajstić information content (AvgIpc) is 3.29. The van der Waals surface area contributed by atoms with Crippen molar-refractivity contribution in [1.82, 2.24) is 9.80 Å². The van der Waals surface area contributed by atoms with E-state index < -0.39 is 23.3 Å². The van der Waals surface area contributed by atoms with Crippen LogP contribution in [-0.4, -0.2) is 53.3 Å². The summed E-state index contributed by atoms with van der Waals surface area (Å²) in [6.45, 7) is 2.70. The number of nitrogens with zero attached hydrogens (tertiary/aromatic N) is 2. The van der Waals surface area contributed by atoms with Crippen molar-refractivity contribution >= 4 is 17.8 Å². The molecule has 2 amide bonds. The van der Waals surface area contributed by atoms with Crippen molar-refractivity contribution in [2.24, 2.45) is 11.8 Å². The maximum absolute atomic E-state index is 13.4. The molecule has 0 bridgehead atoms. The Bertz CT molecular complexity index is 1100. The molecule has 0 aromatic heterocycles. The van der Waals surface area contributed by atoms with Crippen molar-refractivity contribution in [3.05, 3.63) is 59.9 Å². The van der Waals surface area contributed by atoms with Crippen LogP contribution >= 0.6 is 0 Å². The third-order valence-corrected chi connectivity index (χ3v) is 7.64. The second kappa shape index (κ2) is 8.06. The van der Waals surface area contributed by atoms with Gasteiger partial charge in [-0.15, -0.1) is 0 Å². The molecule has 3 aliphatic rings. The first-order chi connectivity index (χ1) is 15.9. The molecular formula is C26H27FN2O4. The number of amides is 2. The number of benzene rings is 2. The number of ether oxygens (including phenoxy) is 1. The Kier molecular flexibility index (Phi) is 5.32. The number of esters is 1. The largest absolute Gasteiger partial charge is 0.468 e. The van der Waals surface area contributed by atoms with E-state index in [1.165, 1.54) is 24.1 Å². The summed E-state index contributed by atoms with van der Waals surface area (Å²) in [5.74, 6) is -2.55. The standard InChI is InChI=1S/C26H27FN2O4/c1-3-28-23(30)20-21(24(28)31)26(25(32)33-2)14-4-5-15-29(26)22(20)18-8-6-16(7-9-18)17-10-12-19(27)13-11-17/h6-13,20-22H,3-5,14-15H2,1-2H3/t20-,21-,22+,26-/m0/s1. The summed E-state index contributed by atoms with van der Waals surface area (Å²) in [6, 6.07) is 13.7. The van der Waals surface area contributed by atoms with Gasteiger partial charge in [-0.3, -0.25) is 24.2 Å². The molecule has 172 valence electrons. The molecule has 0 N–H and O–H groups in total. The van der Waals surface area contributed by atoms with Crippen LogP contribution in [0.3, 0.4) is 0 Å². The van der Waals surface area contributed by atoms with E-state index in [1.54, 1.807) is 19.1 Å². The van der Waals surface area contributed by atoms with Crippen molar-refractivity contribution in [2.75, 3.05) is 20.2 Å². The van der Waals surface area contributed by atoms with Gasteiger partial charge in [-0.05, 0) is 61.6 Å². The molecular weight excluding hydrogens is 423 g/mol. The molecule has 0 saturated carbocycles. The lowest BCUT2D eigenvalue weighted by molar-refractivity contribution is -0.164. The second-order valence-electron chi connectivity index (χ2n) is 9.06. The second-order valence-corrected chi connectivity index (χ2v) is 9.06. The molecule has 0 unspecified atom stereocenters. The SMILES string of the molecule is CCN1C(=O)[C@@H]2[C@@H](c3ccc(-c4ccc(F)cc4)cc3)N3CCCC[C@@]3(C(=O)OC)[C@@H]2C1=O.